The Kier molecular flexibility index (Phi) is 3.32. The van der Waals surface area contributed by atoms with Crippen molar-refractivity contribution in [2.75, 3.05) is 19.5 Å². The van der Waals surface area contributed by atoms with Gasteiger partial charge in [0, 0.05) is 18.9 Å². The van der Waals surface area contributed by atoms with Gasteiger partial charge in [-0.2, -0.15) is 5.10 Å². The summed E-state index contributed by atoms with van der Waals surface area (Å²) >= 11 is 0. The van der Waals surface area contributed by atoms with Gasteiger partial charge >= 0.3 is 0 Å². The lowest BCUT2D eigenvalue weighted by atomic mass is 10.4. The van der Waals surface area contributed by atoms with Gasteiger partial charge in [-0.05, 0) is 32.2 Å². The van der Waals surface area contributed by atoms with Crippen LogP contribution in [0.5, 0.6) is 0 Å². The second-order valence-electron chi connectivity index (χ2n) is 3.93. The maximum Gasteiger partial charge on any atom is 0.0820 e. The molecule has 0 amide bonds. The van der Waals surface area contributed by atoms with E-state index in [-0.39, 0.29) is 0 Å². The Bertz CT molecular complexity index is 313. The average Bonchev–Trinajstić information content (AvgIpc) is 2.33. The van der Waals surface area contributed by atoms with Crippen LogP contribution in [-0.2, 0) is 11.1 Å². The van der Waals surface area contributed by atoms with E-state index in [1.807, 2.05) is 37.3 Å². The van der Waals surface area contributed by atoms with E-state index >= 15 is 0 Å². The fourth-order valence-corrected chi connectivity index (χ4v) is 2.11. The lowest BCUT2D eigenvalue weighted by Gasteiger charge is -2.05. The summed E-state index contributed by atoms with van der Waals surface area (Å²) in [4.78, 5) is 0. The first kappa shape index (κ1) is 10.5. The molecular formula is C9H17N2OP. The van der Waals surface area contributed by atoms with Crippen molar-refractivity contribution in [3.05, 3.63) is 18.0 Å². The molecule has 0 fully saturated rings. The molecule has 0 aromatic carbocycles. The highest BCUT2D eigenvalue weighted by molar-refractivity contribution is 7.62. The van der Waals surface area contributed by atoms with E-state index in [2.05, 4.69) is 5.10 Å². The largest absolute Gasteiger partial charge is 0.324 e. The van der Waals surface area contributed by atoms with Crippen molar-refractivity contribution in [3.8, 4) is 0 Å². The van der Waals surface area contributed by atoms with Crippen molar-refractivity contribution in [3.63, 3.8) is 0 Å². The van der Waals surface area contributed by atoms with Gasteiger partial charge in [0.05, 0.1) is 13.3 Å². The molecule has 1 aromatic rings. The normalized spacial score (nSPS) is 11.9. The Morgan fingerprint density at radius 3 is 2.69 bits per heavy atom. The van der Waals surface area contributed by atoms with Crippen molar-refractivity contribution >= 4 is 7.14 Å². The number of aromatic nitrogens is 2. The topological polar surface area (TPSA) is 34.9 Å². The van der Waals surface area contributed by atoms with Crippen molar-refractivity contribution < 1.29 is 4.57 Å². The predicted molar refractivity (Wildman–Crippen MR) is 55.9 cm³/mol. The third-order valence-electron chi connectivity index (χ3n) is 1.85. The van der Waals surface area contributed by atoms with E-state index in [9.17, 15) is 4.57 Å². The minimum Gasteiger partial charge on any atom is -0.324 e. The first-order valence-corrected chi connectivity index (χ1v) is 7.29. The number of rotatable bonds is 4. The Labute approximate surface area is 79.5 Å². The van der Waals surface area contributed by atoms with E-state index in [0.29, 0.717) is 0 Å². The molecule has 0 aliphatic rings. The summed E-state index contributed by atoms with van der Waals surface area (Å²) in [7, 11) is -1.84. The van der Waals surface area contributed by atoms with Gasteiger partial charge in [-0.25, -0.2) is 0 Å². The van der Waals surface area contributed by atoms with Crippen molar-refractivity contribution in [1.82, 2.24) is 9.78 Å². The zero-order valence-corrected chi connectivity index (χ0v) is 9.42. The molecule has 0 aliphatic carbocycles. The molecule has 0 unspecified atom stereocenters. The Hall–Kier alpha value is -0.560. The molecule has 0 atom stereocenters. The van der Waals surface area contributed by atoms with Crippen LogP contribution in [0.15, 0.2) is 12.4 Å². The fraction of sp³-hybridized carbons (Fsp3) is 0.667. The molecule has 1 rings (SSSR count). The maximum absolute atomic E-state index is 11.4. The van der Waals surface area contributed by atoms with Gasteiger partial charge in [0.2, 0.25) is 0 Å². The molecule has 3 nitrogen and oxygen atoms in total. The minimum atomic E-state index is -1.84. The first-order chi connectivity index (χ1) is 5.97. The van der Waals surface area contributed by atoms with Crippen LogP contribution in [0.2, 0.25) is 0 Å². The lowest BCUT2D eigenvalue weighted by molar-refractivity contribution is 0.568. The molecule has 1 aromatic heterocycles. The number of aryl methyl sites for hydroxylation is 2. The molecule has 0 N–H and O–H groups in total. The van der Waals surface area contributed by atoms with Crippen LogP contribution in [0.3, 0.4) is 0 Å². The maximum atomic E-state index is 11.4. The summed E-state index contributed by atoms with van der Waals surface area (Å²) in [5, 5.41) is 4.16. The Balaban J connectivity index is 2.32. The highest BCUT2D eigenvalue weighted by Gasteiger charge is 2.05. The highest BCUT2D eigenvalue weighted by atomic mass is 31.2. The Morgan fingerprint density at radius 2 is 2.23 bits per heavy atom. The summed E-state index contributed by atoms with van der Waals surface area (Å²) in [6.07, 6.45) is 5.62. The smallest absolute Gasteiger partial charge is 0.0820 e. The number of hydrogen-bond donors (Lipinski definition) is 0. The fourth-order valence-electron chi connectivity index (χ4n) is 1.20. The van der Waals surface area contributed by atoms with Gasteiger partial charge in [-0.1, -0.05) is 0 Å². The molecule has 1 heterocycles. The second kappa shape index (κ2) is 4.10. The van der Waals surface area contributed by atoms with E-state index in [1.54, 1.807) is 0 Å². The number of hydrogen-bond acceptors (Lipinski definition) is 2. The molecule has 0 spiro atoms. The van der Waals surface area contributed by atoms with E-state index < -0.39 is 7.14 Å². The van der Waals surface area contributed by atoms with Crippen molar-refractivity contribution in [2.24, 2.45) is 0 Å². The van der Waals surface area contributed by atoms with Crippen LogP contribution >= 0.6 is 7.14 Å². The quantitative estimate of drug-likeness (QED) is 0.698. The molecule has 0 aliphatic heterocycles. The van der Waals surface area contributed by atoms with Crippen LogP contribution < -0.4 is 0 Å². The van der Waals surface area contributed by atoms with E-state index in [1.165, 1.54) is 5.56 Å². The molecule has 13 heavy (non-hydrogen) atoms. The monoisotopic (exact) mass is 200 g/mol. The lowest BCUT2D eigenvalue weighted by Crippen LogP contribution is -2.00. The summed E-state index contributed by atoms with van der Waals surface area (Å²) in [6, 6.07) is 0. The average molecular weight is 200 g/mol. The minimum absolute atomic E-state index is 0.811. The molecule has 0 saturated carbocycles. The van der Waals surface area contributed by atoms with Gasteiger partial charge in [-0.3, -0.25) is 4.68 Å². The predicted octanol–water partition coefficient (Wildman–Crippen LogP) is 2.20. The standard InChI is InChI=1S/C9H17N2OP/c1-9-7-10-11(8-9)5-4-6-13(2,3)12/h7-8H,4-6H2,1-3H3. The Morgan fingerprint density at radius 1 is 1.54 bits per heavy atom. The molecule has 74 valence electrons. The van der Waals surface area contributed by atoms with Crippen LogP contribution in [-0.4, -0.2) is 29.3 Å². The highest BCUT2D eigenvalue weighted by Crippen LogP contribution is 2.36. The van der Waals surface area contributed by atoms with Gasteiger partial charge in [0.25, 0.3) is 0 Å². The van der Waals surface area contributed by atoms with Gasteiger partial charge < -0.3 is 4.57 Å². The molecular weight excluding hydrogens is 183 g/mol. The summed E-state index contributed by atoms with van der Waals surface area (Å²) in [5.74, 6) is 0. The first-order valence-electron chi connectivity index (χ1n) is 4.50. The van der Waals surface area contributed by atoms with Crippen molar-refractivity contribution in [2.45, 2.75) is 19.9 Å². The molecule has 4 heteroatoms. The zero-order valence-electron chi connectivity index (χ0n) is 8.53. The second-order valence-corrected chi connectivity index (χ2v) is 7.53. The van der Waals surface area contributed by atoms with Crippen LogP contribution in [0.25, 0.3) is 0 Å². The van der Waals surface area contributed by atoms with Gasteiger partial charge in [0.15, 0.2) is 0 Å². The van der Waals surface area contributed by atoms with Crippen LogP contribution in [0.4, 0.5) is 0 Å². The van der Waals surface area contributed by atoms with Gasteiger partial charge in [0.1, 0.15) is 0 Å². The van der Waals surface area contributed by atoms with Gasteiger partial charge in [-0.15, -0.1) is 0 Å². The summed E-state index contributed by atoms with van der Waals surface area (Å²) in [5.41, 5.74) is 1.18. The van der Waals surface area contributed by atoms with Crippen LogP contribution in [0.1, 0.15) is 12.0 Å². The van der Waals surface area contributed by atoms with E-state index in [0.717, 1.165) is 19.1 Å². The third kappa shape index (κ3) is 4.28. The third-order valence-corrected chi connectivity index (χ3v) is 3.24. The zero-order chi connectivity index (χ0) is 9.90. The SMILES string of the molecule is Cc1cnn(CCCP(C)(C)=O)c1. The number of nitrogens with zero attached hydrogens (tertiary/aromatic N) is 2. The molecule has 0 radical (unpaired) electrons. The molecule has 0 saturated heterocycles. The molecule has 0 bridgehead atoms. The summed E-state index contributed by atoms with van der Waals surface area (Å²) < 4.78 is 13.3. The van der Waals surface area contributed by atoms with E-state index in [4.69, 9.17) is 0 Å². The van der Waals surface area contributed by atoms with Crippen molar-refractivity contribution in [1.29, 1.82) is 0 Å². The summed E-state index contributed by atoms with van der Waals surface area (Å²) in [6.45, 7) is 6.57. The van der Waals surface area contributed by atoms with Crippen LogP contribution in [0, 0.1) is 6.92 Å².